The van der Waals surface area contributed by atoms with Crippen LogP contribution in [0.25, 0.3) is 17.1 Å². The molecule has 162 valence electrons. The highest BCUT2D eigenvalue weighted by molar-refractivity contribution is 7.92. The molecule has 0 radical (unpaired) electrons. The minimum atomic E-state index is -3.43. The van der Waals surface area contributed by atoms with E-state index in [-0.39, 0.29) is 11.9 Å². The molecule has 3 aromatic rings. The summed E-state index contributed by atoms with van der Waals surface area (Å²) in [6.45, 7) is 2.16. The van der Waals surface area contributed by atoms with Gasteiger partial charge in [0, 0.05) is 17.8 Å². The largest absolute Gasteiger partial charge is 0.342 e. The molecule has 1 fully saturated rings. The first kappa shape index (κ1) is 19.9. The van der Waals surface area contributed by atoms with Crippen molar-refractivity contribution in [2.45, 2.75) is 51.1 Å². The number of hydrogen-bond donors (Lipinski definition) is 1. The summed E-state index contributed by atoms with van der Waals surface area (Å²) in [5, 5.41) is 8.54. The Bertz CT molecular complexity index is 1220. The molecule has 0 bridgehead atoms. The van der Waals surface area contributed by atoms with E-state index in [4.69, 9.17) is 4.98 Å². The van der Waals surface area contributed by atoms with E-state index in [0.29, 0.717) is 17.4 Å². The van der Waals surface area contributed by atoms with E-state index in [0.717, 1.165) is 42.8 Å². The van der Waals surface area contributed by atoms with Crippen LogP contribution in [0.15, 0.2) is 30.9 Å². The van der Waals surface area contributed by atoms with Crippen molar-refractivity contribution < 1.29 is 8.42 Å². The predicted octanol–water partition coefficient (Wildman–Crippen LogP) is 2.70. The van der Waals surface area contributed by atoms with E-state index in [1.54, 1.807) is 30.9 Å². The summed E-state index contributed by atoms with van der Waals surface area (Å²) in [6, 6.07) is 3.92. The van der Waals surface area contributed by atoms with Crippen molar-refractivity contribution in [3.05, 3.63) is 36.7 Å². The first-order chi connectivity index (χ1) is 14.9. The van der Waals surface area contributed by atoms with E-state index in [9.17, 15) is 8.42 Å². The number of anilines is 2. The zero-order chi connectivity index (χ0) is 21.6. The second-order valence-electron chi connectivity index (χ2n) is 8.04. The standard InChI is InChI=1S/C20H24N8O2S/c1-3-15-20-25-23-12-27(20)16-11-22-18(24-19(16)28(15)14-6-4-5-7-14)13-8-9-21-17(10-13)26-31(2,29)30/h8-12,14-15H,3-7H2,1-2H3,(H,21,26). The van der Waals surface area contributed by atoms with Gasteiger partial charge in [-0.15, -0.1) is 10.2 Å². The van der Waals surface area contributed by atoms with Crippen LogP contribution in [-0.4, -0.2) is 50.4 Å². The van der Waals surface area contributed by atoms with Gasteiger partial charge in [0.1, 0.15) is 17.8 Å². The number of nitrogens with one attached hydrogen (secondary N) is 1. The van der Waals surface area contributed by atoms with Crippen LogP contribution in [0.5, 0.6) is 0 Å². The van der Waals surface area contributed by atoms with Crippen LogP contribution in [0.1, 0.15) is 50.9 Å². The van der Waals surface area contributed by atoms with Gasteiger partial charge in [-0.25, -0.2) is 23.4 Å². The van der Waals surface area contributed by atoms with Gasteiger partial charge in [-0.2, -0.15) is 0 Å². The van der Waals surface area contributed by atoms with Gasteiger partial charge in [-0.1, -0.05) is 19.8 Å². The lowest BCUT2D eigenvalue weighted by Crippen LogP contribution is -2.42. The molecule has 1 unspecified atom stereocenters. The molecule has 0 aromatic carbocycles. The molecule has 0 saturated heterocycles. The number of hydrogen-bond acceptors (Lipinski definition) is 8. The average molecular weight is 441 g/mol. The Hall–Kier alpha value is -3.08. The summed E-state index contributed by atoms with van der Waals surface area (Å²) < 4.78 is 27.6. The molecular weight excluding hydrogens is 416 g/mol. The summed E-state index contributed by atoms with van der Waals surface area (Å²) in [5.41, 5.74) is 1.56. The van der Waals surface area contributed by atoms with Crippen LogP contribution in [0.2, 0.25) is 0 Å². The molecule has 1 saturated carbocycles. The SMILES string of the molecule is CCC1c2nncn2-c2cnc(-c3ccnc(NS(C)(=O)=O)c3)nc2N1C1CCCC1. The van der Waals surface area contributed by atoms with Crippen LogP contribution >= 0.6 is 0 Å². The number of rotatable bonds is 5. The molecule has 11 heteroatoms. The Balaban J connectivity index is 1.62. The number of aromatic nitrogens is 6. The highest BCUT2D eigenvalue weighted by Gasteiger charge is 2.38. The van der Waals surface area contributed by atoms with Gasteiger partial charge in [0.2, 0.25) is 10.0 Å². The number of nitrogens with zero attached hydrogens (tertiary/aromatic N) is 7. The first-order valence-corrected chi connectivity index (χ1v) is 12.3. The molecule has 0 amide bonds. The van der Waals surface area contributed by atoms with Crippen molar-refractivity contribution in [1.29, 1.82) is 0 Å². The number of fused-ring (bicyclic) bond motifs is 3. The molecule has 3 aromatic heterocycles. The fourth-order valence-electron chi connectivity index (χ4n) is 4.60. The third kappa shape index (κ3) is 3.62. The third-order valence-electron chi connectivity index (χ3n) is 5.87. The minimum absolute atomic E-state index is 0.0979. The summed E-state index contributed by atoms with van der Waals surface area (Å²) in [6.07, 6.45) is 11.7. The molecule has 10 nitrogen and oxygen atoms in total. The number of pyridine rings is 1. The molecule has 31 heavy (non-hydrogen) atoms. The van der Waals surface area contributed by atoms with Crippen LogP contribution in [-0.2, 0) is 10.0 Å². The highest BCUT2D eigenvalue weighted by atomic mass is 32.2. The molecule has 4 heterocycles. The highest BCUT2D eigenvalue weighted by Crippen LogP contribution is 2.42. The van der Waals surface area contributed by atoms with Crippen molar-refractivity contribution in [3.63, 3.8) is 0 Å². The molecular formula is C20H24N8O2S. The van der Waals surface area contributed by atoms with Gasteiger partial charge in [0.05, 0.1) is 18.5 Å². The summed E-state index contributed by atoms with van der Waals surface area (Å²) in [7, 11) is -3.43. The van der Waals surface area contributed by atoms with Crippen LogP contribution in [0, 0.1) is 0 Å². The van der Waals surface area contributed by atoms with Gasteiger partial charge in [0.25, 0.3) is 0 Å². The fourth-order valence-corrected chi connectivity index (χ4v) is 5.09. The molecule has 2 aliphatic rings. The molecule has 1 N–H and O–H groups in total. The van der Waals surface area contributed by atoms with E-state index in [1.807, 2.05) is 4.57 Å². The third-order valence-corrected chi connectivity index (χ3v) is 6.45. The van der Waals surface area contributed by atoms with E-state index in [2.05, 4.69) is 36.7 Å². The Morgan fingerprint density at radius 2 is 2.03 bits per heavy atom. The van der Waals surface area contributed by atoms with Crippen molar-refractivity contribution in [2.75, 3.05) is 15.9 Å². The maximum absolute atomic E-state index is 11.6. The second-order valence-corrected chi connectivity index (χ2v) is 9.78. The molecule has 0 spiro atoms. The van der Waals surface area contributed by atoms with Crippen LogP contribution in [0.4, 0.5) is 11.6 Å². The Morgan fingerprint density at radius 3 is 2.77 bits per heavy atom. The van der Waals surface area contributed by atoms with Crippen LogP contribution in [0.3, 0.4) is 0 Å². The average Bonchev–Trinajstić information content (AvgIpc) is 3.43. The quantitative estimate of drug-likeness (QED) is 0.643. The van der Waals surface area contributed by atoms with Gasteiger partial charge in [-0.3, -0.25) is 9.29 Å². The van der Waals surface area contributed by atoms with Gasteiger partial charge in [0.15, 0.2) is 17.5 Å². The maximum Gasteiger partial charge on any atom is 0.230 e. The molecule has 5 rings (SSSR count). The Morgan fingerprint density at radius 1 is 1.23 bits per heavy atom. The van der Waals surface area contributed by atoms with Crippen molar-refractivity contribution >= 4 is 21.7 Å². The van der Waals surface area contributed by atoms with Gasteiger partial charge < -0.3 is 4.90 Å². The smallest absolute Gasteiger partial charge is 0.230 e. The van der Waals surface area contributed by atoms with E-state index < -0.39 is 10.0 Å². The topological polar surface area (TPSA) is 119 Å². The van der Waals surface area contributed by atoms with Gasteiger partial charge in [-0.05, 0) is 31.4 Å². The monoisotopic (exact) mass is 440 g/mol. The Kier molecular flexibility index (Phi) is 4.84. The summed E-state index contributed by atoms with van der Waals surface area (Å²) in [5.74, 6) is 2.54. The lowest BCUT2D eigenvalue weighted by atomic mass is 10.0. The van der Waals surface area contributed by atoms with Crippen LogP contribution < -0.4 is 9.62 Å². The van der Waals surface area contributed by atoms with Crippen molar-refractivity contribution in [1.82, 2.24) is 29.7 Å². The maximum atomic E-state index is 11.6. The predicted molar refractivity (Wildman–Crippen MR) is 116 cm³/mol. The Labute approximate surface area is 180 Å². The second kappa shape index (κ2) is 7.56. The fraction of sp³-hybridized carbons (Fsp3) is 0.450. The zero-order valence-electron chi connectivity index (χ0n) is 17.4. The summed E-state index contributed by atoms with van der Waals surface area (Å²) in [4.78, 5) is 16.0. The van der Waals surface area contributed by atoms with Crippen molar-refractivity contribution in [3.8, 4) is 17.1 Å². The normalized spacial score (nSPS) is 18.6. The zero-order valence-corrected chi connectivity index (χ0v) is 18.2. The molecule has 1 aliphatic carbocycles. The molecule has 1 atom stereocenters. The number of sulfonamides is 1. The minimum Gasteiger partial charge on any atom is -0.342 e. The van der Waals surface area contributed by atoms with Crippen molar-refractivity contribution in [2.24, 2.45) is 0 Å². The van der Waals surface area contributed by atoms with Gasteiger partial charge >= 0.3 is 0 Å². The van der Waals surface area contributed by atoms with E-state index in [1.165, 1.54) is 12.8 Å². The van der Waals surface area contributed by atoms with E-state index >= 15 is 0 Å². The molecule has 1 aliphatic heterocycles. The summed E-state index contributed by atoms with van der Waals surface area (Å²) >= 11 is 0. The lowest BCUT2D eigenvalue weighted by molar-refractivity contribution is 0.469. The lowest BCUT2D eigenvalue weighted by Gasteiger charge is -2.40. The first-order valence-electron chi connectivity index (χ1n) is 10.4.